The van der Waals surface area contributed by atoms with Crippen molar-refractivity contribution in [3.8, 4) is 11.3 Å². The van der Waals surface area contributed by atoms with E-state index in [9.17, 15) is 23.7 Å². The molecule has 1 heterocycles. The minimum atomic E-state index is -1.57. The fourth-order valence-electron chi connectivity index (χ4n) is 1.70. The predicted octanol–water partition coefficient (Wildman–Crippen LogP) is 1.97. The molecule has 2 rings (SSSR count). The molecule has 0 bridgehead atoms. The molecule has 0 atom stereocenters. The first-order chi connectivity index (χ1) is 9.31. The molecule has 0 unspecified atom stereocenters. The van der Waals surface area contributed by atoms with Crippen LogP contribution in [0.5, 0.6) is 0 Å². The topological polar surface area (TPSA) is 98.3 Å². The van der Waals surface area contributed by atoms with Gasteiger partial charge in [-0.25, -0.2) is 9.18 Å². The van der Waals surface area contributed by atoms with E-state index in [4.69, 9.17) is 5.11 Å². The molecular formula is C11H7F2N3O4. The number of nitro benzene ring substituents is 1. The first-order valence-corrected chi connectivity index (χ1v) is 5.22. The summed E-state index contributed by atoms with van der Waals surface area (Å²) in [5.41, 5.74) is -1.27. The van der Waals surface area contributed by atoms with Crippen LogP contribution in [0.3, 0.4) is 0 Å². The maximum atomic E-state index is 13.4. The van der Waals surface area contributed by atoms with Gasteiger partial charge in [0.15, 0.2) is 11.5 Å². The van der Waals surface area contributed by atoms with E-state index in [-0.39, 0.29) is 17.0 Å². The van der Waals surface area contributed by atoms with Crippen molar-refractivity contribution in [2.75, 3.05) is 0 Å². The van der Waals surface area contributed by atoms with E-state index in [2.05, 4.69) is 5.10 Å². The number of nitrogens with zero attached hydrogens (tertiary/aromatic N) is 3. The van der Waals surface area contributed by atoms with Crippen molar-refractivity contribution < 1.29 is 23.6 Å². The highest BCUT2D eigenvalue weighted by atomic mass is 19.2. The molecule has 2 aromatic rings. The Labute approximate surface area is 110 Å². The van der Waals surface area contributed by atoms with Gasteiger partial charge < -0.3 is 5.11 Å². The average Bonchev–Trinajstić information content (AvgIpc) is 2.74. The molecule has 0 aliphatic carbocycles. The van der Waals surface area contributed by atoms with Gasteiger partial charge in [0.2, 0.25) is 5.82 Å². The highest BCUT2D eigenvalue weighted by molar-refractivity contribution is 5.87. The third-order valence-corrected chi connectivity index (χ3v) is 2.60. The number of carboxylic acids is 1. The Morgan fingerprint density at radius 3 is 2.55 bits per heavy atom. The minimum Gasteiger partial charge on any atom is -0.476 e. The zero-order valence-corrected chi connectivity index (χ0v) is 10.0. The van der Waals surface area contributed by atoms with Crippen LogP contribution >= 0.6 is 0 Å². The molecule has 0 radical (unpaired) electrons. The summed E-state index contributed by atoms with van der Waals surface area (Å²) < 4.78 is 27.7. The van der Waals surface area contributed by atoms with E-state index in [1.165, 1.54) is 7.05 Å². The van der Waals surface area contributed by atoms with Gasteiger partial charge >= 0.3 is 11.7 Å². The van der Waals surface area contributed by atoms with Crippen molar-refractivity contribution in [2.24, 2.45) is 7.05 Å². The fourth-order valence-corrected chi connectivity index (χ4v) is 1.70. The molecule has 0 amide bonds. The summed E-state index contributed by atoms with van der Waals surface area (Å²) in [5.74, 6) is -4.27. The highest BCUT2D eigenvalue weighted by Gasteiger charge is 2.22. The number of halogens is 2. The number of carboxylic acid groups (broad SMARTS) is 1. The predicted molar refractivity (Wildman–Crippen MR) is 62.2 cm³/mol. The molecule has 0 spiro atoms. The largest absolute Gasteiger partial charge is 0.476 e. The van der Waals surface area contributed by atoms with Gasteiger partial charge in [-0.3, -0.25) is 14.8 Å². The number of hydrogen-bond acceptors (Lipinski definition) is 4. The maximum Gasteiger partial charge on any atom is 0.356 e. The first kappa shape index (κ1) is 13.6. The number of aromatic nitrogens is 2. The Bertz CT molecular complexity index is 727. The summed E-state index contributed by atoms with van der Waals surface area (Å²) in [6, 6.07) is 2.67. The lowest BCUT2D eigenvalue weighted by molar-refractivity contribution is -0.387. The van der Waals surface area contributed by atoms with Crippen molar-refractivity contribution in [1.82, 2.24) is 9.78 Å². The highest BCUT2D eigenvalue weighted by Crippen LogP contribution is 2.28. The lowest BCUT2D eigenvalue weighted by atomic mass is 10.1. The van der Waals surface area contributed by atoms with E-state index in [1.807, 2.05) is 0 Å². The number of benzene rings is 1. The second-order valence-electron chi connectivity index (χ2n) is 3.89. The lowest BCUT2D eigenvalue weighted by Crippen LogP contribution is -2.00. The Morgan fingerprint density at radius 2 is 2.05 bits per heavy atom. The molecule has 20 heavy (non-hydrogen) atoms. The van der Waals surface area contributed by atoms with E-state index in [0.29, 0.717) is 0 Å². The summed E-state index contributed by atoms with van der Waals surface area (Å²) in [6.07, 6.45) is 0. The van der Waals surface area contributed by atoms with Crippen LogP contribution in [0.2, 0.25) is 0 Å². The summed E-state index contributed by atoms with van der Waals surface area (Å²) in [7, 11) is 1.38. The van der Waals surface area contributed by atoms with E-state index >= 15 is 0 Å². The fraction of sp³-hybridized carbons (Fsp3) is 0.0909. The minimum absolute atomic E-state index is 0.0434. The Balaban J connectivity index is 2.64. The number of rotatable bonds is 3. The van der Waals surface area contributed by atoms with Gasteiger partial charge in [-0.05, 0) is 12.1 Å². The van der Waals surface area contributed by atoms with Crippen LogP contribution in [0.4, 0.5) is 14.5 Å². The molecule has 7 nitrogen and oxygen atoms in total. The Kier molecular flexibility index (Phi) is 3.18. The molecule has 0 aliphatic rings. The molecule has 0 fully saturated rings. The third kappa shape index (κ3) is 2.20. The number of nitro groups is 1. The molecule has 0 saturated carbocycles. The van der Waals surface area contributed by atoms with E-state index < -0.39 is 28.2 Å². The SMILES string of the molecule is Cn1nc(C(=O)O)cc1-c1cc(F)c(F)c([N+](=O)[O-])c1. The Morgan fingerprint density at radius 1 is 1.40 bits per heavy atom. The van der Waals surface area contributed by atoms with Crippen LogP contribution in [0.15, 0.2) is 18.2 Å². The third-order valence-electron chi connectivity index (χ3n) is 2.60. The van der Waals surface area contributed by atoms with Crippen LogP contribution < -0.4 is 0 Å². The van der Waals surface area contributed by atoms with Crippen molar-refractivity contribution in [3.63, 3.8) is 0 Å². The molecule has 1 aromatic carbocycles. The summed E-state index contributed by atoms with van der Waals surface area (Å²) >= 11 is 0. The van der Waals surface area contributed by atoms with Crippen LogP contribution in [0.25, 0.3) is 11.3 Å². The van der Waals surface area contributed by atoms with Gasteiger partial charge in [-0.2, -0.15) is 9.49 Å². The van der Waals surface area contributed by atoms with Crippen LogP contribution in [0.1, 0.15) is 10.5 Å². The number of aryl methyl sites for hydroxylation is 1. The molecule has 9 heteroatoms. The van der Waals surface area contributed by atoms with Crippen molar-refractivity contribution >= 4 is 11.7 Å². The Hall–Kier alpha value is -2.84. The molecule has 1 N–H and O–H groups in total. The second kappa shape index (κ2) is 4.68. The van der Waals surface area contributed by atoms with Gasteiger partial charge in [0, 0.05) is 18.7 Å². The summed E-state index contributed by atoms with van der Waals surface area (Å²) in [6.45, 7) is 0. The van der Waals surface area contributed by atoms with Crippen LogP contribution in [0, 0.1) is 21.7 Å². The van der Waals surface area contributed by atoms with Crippen molar-refractivity contribution in [1.29, 1.82) is 0 Å². The summed E-state index contributed by atoms with van der Waals surface area (Å²) in [5, 5.41) is 23.1. The number of hydrogen-bond donors (Lipinski definition) is 1. The molecule has 1 aromatic heterocycles. The van der Waals surface area contributed by atoms with E-state index in [0.717, 1.165) is 22.9 Å². The smallest absolute Gasteiger partial charge is 0.356 e. The normalized spacial score (nSPS) is 10.6. The number of aromatic carboxylic acids is 1. The maximum absolute atomic E-state index is 13.4. The second-order valence-corrected chi connectivity index (χ2v) is 3.89. The van der Waals surface area contributed by atoms with Gasteiger partial charge in [-0.15, -0.1) is 0 Å². The monoisotopic (exact) mass is 283 g/mol. The standard InChI is InChI=1S/C11H7F2N3O4/c1-15-8(4-7(14-15)11(17)18)5-2-6(12)10(13)9(3-5)16(19)20/h2-4H,1H3,(H,17,18). The molecule has 0 saturated heterocycles. The zero-order valence-electron chi connectivity index (χ0n) is 10.0. The van der Waals surface area contributed by atoms with E-state index in [1.54, 1.807) is 0 Å². The van der Waals surface area contributed by atoms with Gasteiger partial charge in [0.25, 0.3) is 0 Å². The molecule has 0 aliphatic heterocycles. The van der Waals surface area contributed by atoms with Crippen molar-refractivity contribution in [2.45, 2.75) is 0 Å². The van der Waals surface area contributed by atoms with Crippen LogP contribution in [-0.2, 0) is 7.05 Å². The molecular weight excluding hydrogens is 276 g/mol. The average molecular weight is 283 g/mol. The quantitative estimate of drug-likeness (QED) is 0.686. The van der Waals surface area contributed by atoms with Gasteiger partial charge in [0.1, 0.15) is 0 Å². The van der Waals surface area contributed by atoms with Crippen molar-refractivity contribution in [3.05, 3.63) is 45.6 Å². The molecule has 104 valence electrons. The number of carbonyl (C=O) groups is 1. The van der Waals surface area contributed by atoms with Gasteiger partial charge in [-0.1, -0.05) is 0 Å². The van der Waals surface area contributed by atoms with Gasteiger partial charge in [0.05, 0.1) is 10.6 Å². The lowest BCUT2D eigenvalue weighted by Gasteiger charge is -2.03. The van der Waals surface area contributed by atoms with Crippen LogP contribution in [-0.4, -0.2) is 25.8 Å². The zero-order chi connectivity index (χ0) is 15.0. The first-order valence-electron chi connectivity index (χ1n) is 5.22. The summed E-state index contributed by atoms with van der Waals surface area (Å²) in [4.78, 5) is 20.4.